The van der Waals surface area contributed by atoms with Crippen LogP contribution in [0.1, 0.15) is 0 Å². The Balaban J connectivity index is 1.46. The molecule has 2 atom stereocenters. The van der Waals surface area contributed by atoms with Crippen LogP contribution < -0.4 is 19.7 Å². The second-order valence-corrected chi connectivity index (χ2v) is 6.66. The van der Waals surface area contributed by atoms with Gasteiger partial charge < -0.3 is 14.8 Å². The number of benzene rings is 2. The van der Waals surface area contributed by atoms with Gasteiger partial charge in [-0.1, -0.05) is 23.4 Å². The van der Waals surface area contributed by atoms with Crippen molar-refractivity contribution in [2.45, 2.75) is 12.1 Å². The number of hydrogen-bond acceptors (Lipinski definition) is 8. The molecule has 4 rings (SSSR count). The maximum Gasteiger partial charge on any atom is 0.263 e. The lowest BCUT2D eigenvalue weighted by atomic mass is 10.1. The minimum absolute atomic E-state index is 0.235. The van der Waals surface area contributed by atoms with E-state index in [4.69, 9.17) is 9.47 Å². The normalized spacial score (nSPS) is 19.8. The Labute approximate surface area is 172 Å². The Hall–Kier alpha value is -3.95. The number of fused-ring (bicyclic) bond motifs is 1. The molecule has 154 valence electrons. The van der Waals surface area contributed by atoms with E-state index in [1.807, 2.05) is 0 Å². The van der Waals surface area contributed by atoms with E-state index < -0.39 is 29.8 Å². The third kappa shape index (κ3) is 3.32. The number of nitrogens with one attached hydrogen (secondary N) is 1. The van der Waals surface area contributed by atoms with E-state index in [2.05, 4.69) is 15.7 Å². The van der Waals surface area contributed by atoms with E-state index in [1.54, 1.807) is 48.5 Å². The molecular weight excluding hydrogens is 390 g/mol. The summed E-state index contributed by atoms with van der Waals surface area (Å²) in [6, 6.07) is 11.7. The van der Waals surface area contributed by atoms with Crippen molar-refractivity contribution in [3.63, 3.8) is 0 Å². The molecule has 2 aromatic rings. The number of rotatable bonds is 6. The largest absolute Gasteiger partial charge is 0.493 e. The zero-order chi connectivity index (χ0) is 21.3. The van der Waals surface area contributed by atoms with Gasteiger partial charge in [-0.05, 0) is 24.3 Å². The van der Waals surface area contributed by atoms with Crippen LogP contribution in [0.2, 0.25) is 0 Å². The van der Waals surface area contributed by atoms with Gasteiger partial charge in [-0.2, -0.15) is 5.11 Å². The highest BCUT2D eigenvalue weighted by Crippen LogP contribution is 2.32. The molecule has 0 radical (unpaired) electrons. The van der Waals surface area contributed by atoms with Gasteiger partial charge in [-0.25, -0.2) is 4.90 Å². The van der Waals surface area contributed by atoms with E-state index >= 15 is 0 Å². The van der Waals surface area contributed by atoms with Crippen molar-refractivity contribution in [2.24, 2.45) is 10.3 Å². The number of para-hydroxylation sites is 1. The second-order valence-electron chi connectivity index (χ2n) is 6.66. The van der Waals surface area contributed by atoms with Crippen molar-refractivity contribution in [3.05, 3.63) is 48.5 Å². The van der Waals surface area contributed by atoms with E-state index in [0.717, 1.165) is 4.90 Å². The van der Waals surface area contributed by atoms with Crippen molar-refractivity contribution in [1.82, 2.24) is 5.01 Å². The van der Waals surface area contributed by atoms with Crippen molar-refractivity contribution >= 4 is 29.1 Å². The van der Waals surface area contributed by atoms with Gasteiger partial charge in [-0.3, -0.25) is 19.4 Å². The van der Waals surface area contributed by atoms with Gasteiger partial charge in [-0.15, -0.1) is 0 Å². The lowest BCUT2D eigenvalue weighted by molar-refractivity contribution is -0.123. The molecule has 30 heavy (non-hydrogen) atoms. The molecule has 2 aromatic carbocycles. The number of methoxy groups -OCH3 is 2. The summed E-state index contributed by atoms with van der Waals surface area (Å²) in [6.07, 6.45) is 0. The SMILES string of the molecule is COc1ccc(NC(=O)CN2N=N[C@H]3C(=O)N(c4ccccc4)C(=O)[C@H]32)cc1OC. The Bertz CT molecular complexity index is 1030. The summed E-state index contributed by atoms with van der Waals surface area (Å²) in [6.45, 7) is -0.235. The van der Waals surface area contributed by atoms with Gasteiger partial charge in [0.25, 0.3) is 11.8 Å². The number of carbonyl (C=O) groups excluding carboxylic acids is 3. The second kappa shape index (κ2) is 7.82. The smallest absolute Gasteiger partial charge is 0.263 e. The number of hydrogen-bond donors (Lipinski definition) is 1. The van der Waals surface area contributed by atoms with Crippen LogP contribution in [0.4, 0.5) is 11.4 Å². The van der Waals surface area contributed by atoms with Crippen LogP contribution >= 0.6 is 0 Å². The molecule has 1 N–H and O–H groups in total. The van der Waals surface area contributed by atoms with Gasteiger partial charge in [0, 0.05) is 11.8 Å². The predicted molar refractivity (Wildman–Crippen MR) is 106 cm³/mol. The number of nitrogens with zero attached hydrogens (tertiary/aromatic N) is 4. The van der Waals surface area contributed by atoms with Crippen molar-refractivity contribution in [3.8, 4) is 11.5 Å². The summed E-state index contributed by atoms with van der Waals surface area (Å²) in [4.78, 5) is 39.1. The number of imide groups is 1. The first-order valence-corrected chi connectivity index (χ1v) is 9.15. The van der Waals surface area contributed by atoms with E-state index in [0.29, 0.717) is 22.9 Å². The molecular formula is C20H19N5O5. The Morgan fingerprint density at radius 3 is 2.47 bits per heavy atom. The van der Waals surface area contributed by atoms with E-state index in [1.165, 1.54) is 19.2 Å². The zero-order valence-corrected chi connectivity index (χ0v) is 16.3. The fourth-order valence-corrected chi connectivity index (χ4v) is 3.45. The Morgan fingerprint density at radius 1 is 1.03 bits per heavy atom. The highest BCUT2D eigenvalue weighted by atomic mass is 16.5. The maximum atomic E-state index is 12.9. The van der Waals surface area contributed by atoms with E-state index in [9.17, 15) is 14.4 Å². The first-order valence-electron chi connectivity index (χ1n) is 9.15. The van der Waals surface area contributed by atoms with Crippen molar-refractivity contribution in [1.29, 1.82) is 0 Å². The molecule has 3 amide bonds. The average molecular weight is 409 g/mol. The Morgan fingerprint density at radius 2 is 1.77 bits per heavy atom. The third-order valence-corrected chi connectivity index (χ3v) is 4.85. The standard InChI is InChI=1S/C20H19N5O5/c1-29-14-9-8-12(10-15(14)30-2)21-16(26)11-24-18-17(22-23-24)19(27)25(20(18)28)13-6-4-3-5-7-13/h3-10,17-18H,11H2,1-2H3,(H,21,26)/t17-,18+/m1/s1. The topological polar surface area (TPSA) is 113 Å². The van der Waals surface area contributed by atoms with E-state index in [-0.39, 0.29) is 6.54 Å². The summed E-state index contributed by atoms with van der Waals surface area (Å²) in [5.74, 6) is -0.336. The first-order chi connectivity index (χ1) is 14.5. The minimum atomic E-state index is -0.952. The summed E-state index contributed by atoms with van der Waals surface area (Å²) in [5, 5.41) is 11.8. The number of amides is 3. The molecule has 0 saturated carbocycles. The fraction of sp³-hybridized carbons (Fsp3) is 0.250. The highest BCUT2D eigenvalue weighted by molar-refractivity contribution is 6.25. The van der Waals surface area contributed by atoms with Crippen molar-refractivity contribution < 1.29 is 23.9 Å². The van der Waals surface area contributed by atoms with Crippen LogP contribution in [0.3, 0.4) is 0 Å². The number of carbonyl (C=O) groups is 3. The van der Waals surface area contributed by atoms with Gasteiger partial charge in [0.15, 0.2) is 23.6 Å². The lowest BCUT2D eigenvalue weighted by Gasteiger charge is -2.20. The molecule has 0 aromatic heterocycles. The molecule has 0 spiro atoms. The van der Waals surface area contributed by atoms with Crippen LogP contribution in [0.25, 0.3) is 0 Å². The number of ether oxygens (including phenoxy) is 2. The maximum absolute atomic E-state index is 12.9. The summed E-state index contributed by atoms with van der Waals surface area (Å²) in [5.41, 5.74) is 0.955. The van der Waals surface area contributed by atoms with Crippen LogP contribution in [-0.2, 0) is 14.4 Å². The third-order valence-electron chi connectivity index (χ3n) is 4.85. The summed E-state index contributed by atoms with van der Waals surface area (Å²) in [7, 11) is 3.01. The lowest BCUT2D eigenvalue weighted by Crippen LogP contribution is -2.43. The number of anilines is 2. The van der Waals surface area contributed by atoms with Crippen LogP contribution in [0.5, 0.6) is 11.5 Å². The monoisotopic (exact) mass is 409 g/mol. The molecule has 0 bridgehead atoms. The average Bonchev–Trinajstić information content (AvgIpc) is 3.28. The molecule has 2 aliphatic rings. The van der Waals surface area contributed by atoms with Crippen LogP contribution in [0.15, 0.2) is 58.9 Å². The van der Waals surface area contributed by atoms with Gasteiger partial charge in [0.2, 0.25) is 5.91 Å². The minimum Gasteiger partial charge on any atom is -0.493 e. The van der Waals surface area contributed by atoms with Gasteiger partial charge in [0.1, 0.15) is 6.54 Å². The summed E-state index contributed by atoms with van der Waals surface area (Å²) < 4.78 is 10.4. The molecule has 0 aliphatic carbocycles. The zero-order valence-electron chi connectivity index (χ0n) is 16.3. The summed E-state index contributed by atoms with van der Waals surface area (Å²) >= 11 is 0. The molecule has 1 saturated heterocycles. The highest BCUT2D eigenvalue weighted by Gasteiger charge is 2.55. The van der Waals surface area contributed by atoms with Crippen molar-refractivity contribution in [2.75, 3.05) is 31.0 Å². The van der Waals surface area contributed by atoms with Gasteiger partial charge >= 0.3 is 0 Å². The molecule has 2 aliphatic heterocycles. The predicted octanol–water partition coefficient (Wildman–Crippen LogP) is 1.64. The fourth-order valence-electron chi connectivity index (χ4n) is 3.45. The first kappa shape index (κ1) is 19.4. The molecule has 10 nitrogen and oxygen atoms in total. The van der Waals surface area contributed by atoms with Crippen LogP contribution in [-0.4, -0.2) is 55.6 Å². The molecule has 0 unspecified atom stereocenters. The van der Waals surface area contributed by atoms with Crippen LogP contribution in [0, 0.1) is 0 Å². The quantitative estimate of drug-likeness (QED) is 0.726. The molecule has 2 heterocycles. The van der Waals surface area contributed by atoms with Gasteiger partial charge in [0.05, 0.1) is 19.9 Å². The molecule has 10 heteroatoms. The Kier molecular flexibility index (Phi) is 5.05. The molecule has 1 fully saturated rings.